The summed E-state index contributed by atoms with van der Waals surface area (Å²) in [6.45, 7) is 0. The first-order valence-electron chi connectivity index (χ1n) is 3.78. The highest BCUT2D eigenvalue weighted by Gasteiger charge is 2.00. The van der Waals surface area contributed by atoms with Gasteiger partial charge >= 0.3 is 0 Å². The maximum absolute atomic E-state index is 3.19. The van der Waals surface area contributed by atoms with E-state index in [1.807, 2.05) is 0 Å². The number of hydrogen-bond donors (Lipinski definition) is 0. The molecule has 1 aliphatic rings. The molecule has 0 spiro atoms. The van der Waals surface area contributed by atoms with Gasteiger partial charge in [0.25, 0.3) is 0 Å². The second-order valence-corrected chi connectivity index (χ2v) is 3.69. The molecule has 2 rings (SSSR count). The van der Waals surface area contributed by atoms with E-state index in [4.69, 9.17) is 0 Å². The van der Waals surface area contributed by atoms with Crippen LogP contribution in [0.2, 0.25) is 6.04 Å². The molecule has 0 N–H and O–H groups in total. The number of rotatable bonds is 0. The monoisotopic (exact) mass is 156 g/mol. The van der Waals surface area contributed by atoms with Gasteiger partial charge in [-0.05, 0) is 24.1 Å². The van der Waals surface area contributed by atoms with Crippen LogP contribution in [-0.4, -0.2) is 9.52 Å². The normalized spacial score (nSPS) is 14.2. The summed E-state index contributed by atoms with van der Waals surface area (Å²) in [6, 6.07) is 9.68. The van der Waals surface area contributed by atoms with Gasteiger partial charge in [-0.3, -0.25) is 0 Å². The summed E-state index contributed by atoms with van der Waals surface area (Å²) in [4.78, 5) is 0. The molecule has 0 amide bonds. The van der Waals surface area contributed by atoms with Crippen LogP contribution in [0.5, 0.6) is 0 Å². The minimum absolute atomic E-state index is 0.830. The van der Waals surface area contributed by atoms with Crippen molar-refractivity contribution in [3.8, 4) is 11.5 Å². The first-order valence-corrected chi connectivity index (χ1v) is 4.99. The summed E-state index contributed by atoms with van der Waals surface area (Å²) >= 11 is 0. The Kier molecular flexibility index (Phi) is 1.79. The average Bonchev–Trinajstić information content (AvgIpc) is 2.28. The van der Waals surface area contributed by atoms with E-state index in [0.29, 0.717) is 0 Å². The van der Waals surface area contributed by atoms with Gasteiger partial charge in [0.1, 0.15) is 9.52 Å². The summed E-state index contributed by atoms with van der Waals surface area (Å²) in [5.41, 5.74) is 5.84. The van der Waals surface area contributed by atoms with E-state index in [0.717, 1.165) is 9.52 Å². The highest BCUT2D eigenvalue weighted by molar-refractivity contribution is 6.46. The number of aryl methyl sites for hydroxylation is 1. The fourth-order valence-corrected chi connectivity index (χ4v) is 1.97. The lowest BCUT2D eigenvalue weighted by Gasteiger charge is -1.99. The van der Waals surface area contributed by atoms with Crippen molar-refractivity contribution in [3.05, 3.63) is 35.4 Å². The predicted octanol–water partition coefficient (Wildman–Crippen LogP) is 1.67. The Morgan fingerprint density at radius 3 is 3.18 bits per heavy atom. The van der Waals surface area contributed by atoms with Crippen molar-refractivity contribution in [3.63, 3.8) is 0 Å². The quantitative estimate of drug-likeness (QED) is 0.396. The Bertz CT molecular complexity index is 317. The van der Waals surface area contributed by atoms with Crippen LogP contribution < -0.4 is 0 Å². The van der Waals surface area contributed by atoms with Crippen molar-refractivity contribution in [2.75, 3.05) is 0 Å². The summed E-state index contributed by atoms with van der Waals surface area (Å²) < 4.78 is 0. The summed E-state index contributed by atoms with van der Waals surface area (Å²) in [7, 11) is 0.830. The molecule has 1 heteroatoms. The van der Waals surface area contributed by atoms with Gasteiger partial charge < -0.3 is 0 Å². The van der Waals surface area contributed by atoms with Crippen molar-refractivity contribution in [1.82, 2.24) is 0 Å². The van der Waals surface area contributed by atoms with E-state index >= 15 is 0 Å². The van der Waals surface area contributed by atoms with Crippen molar-refractivity contribution in [2.24, 2.45) is 0 Å². The molecule has 0 unspecified atom stereocenters. The van der Waals surface area contributed by atoms with E-state index in [1.54, 1.807) is 0 Å². The molecule has 0 aliphatic carbocycles. The van der Waals surface area contributed by atoms with Crippen LogP contribution in [0.15, 0.2) is 24.3 Å². The molecule has 1 aromatic carbocycles. The minimum atomic E-state index is 0.830. The molecule has 0 nitrogen and oxygen atoms in total. The highest BCUT2D eigenvalue weighted by Crippen LogP contribution is 2.11. The second kappa shape index (κ2) is 2.94. The van der Waals surface area contributed by atoms with Crippen molar-refractivity contribution < 1.29 is 0 Å². The van der Waals surface area contributed by atoms with Crippen LogP contribution in [0, 0.1) is 11.5 Å². The van der Waals surface area contributed by atoms with Crippen LogP contribution in [0.4, 0.5) is 0 Å². The molecule has 1 heterocycles. The summed E-state index contributed by atoms with van der Waals surface area (Å²) in [5.74, 6) is 3.19. The molecule has 0 atom stereocenters. The molecule has 52 valence electrons. The first kappa shape index (κ1) is 6.69. The molecule has 0 saturated heterocycles. The predicted molar refractivity (Wildman–Crippen MR) is 47.6 cm³/mol. The van der Waals surface area contributed by atoms with Gasteiger partial charge in [-0.25, -0.2) is 0 Å². The molecular formula is C10H8Si. The zero-order chi connectivity index (χ0) is 7.52. The molecular weight excluding hydrogens is 148 g/mol. The lowest BCUT2D eigenvalue weighted by molar-refractivity contribution is 1.12. The topological polar surface area (TPSA) is 0 Å². The maximum atomic E-state index is 3.19. The van der Waals surface area contributed by atoms with Gasteiger partial charge in [0.15, 0.2) is 0 Å². The number of fused-ring (bicyclic) bond motifs is 1. The van der Waals surface area contributed by atoms with Crippen LogP contribution in [-0.2, 0) is 6.42 Å². The fourth-order valence-electron chi connectivity index (χ4n) is 1.23. The number of hydrogen-bond acceptors (Lipinski definition) is 0. The van der Waals surface area contributed by atoms with Gasteiger partial charge in [-0.2, -0.15) is 0 Å². The zero-order valence-corrected chi connectivity index (χ0v) is 7.22. The Balaban J connectivity index is 2.49. The molecule has 1 aliphatic heterocycles. The van der Waals surface area contributed by atoms with Crippen LogP contribution in [0.25, 0.3) is 0 Å². The SMILES string of the molecule is C1#Cc2ccccc2CC[Si]1. The van der Waals surface area contributed by atoms with Crippen molar-refractivity contribution in [2.45, 2.75) is 12.5 Å². The Morgan fingerprint density at radius 2 is 2.18 bits per heavy atom. The molecule has 0 fully saturated rings. The Morgan fingerprint density at radius 1 is 1.27 bits per heavy atom. The van der Waals surface area contributed by atoms with E-state index in [1.165, 1.54) is 23.6 Å². The van der Waals surface area contributed by atoms with Gasteiger partial charge in [-0.1, -0.05) is 24.1 Å². The molecule has 0 saturated carbocycles. The van der Waals surface area contributed by atoms with Gasteiger partial charge in [0, 0.05) is 5.56 Å². The minimum Gasteiger partial charge on any atom is -0.130 e. The summed E-state index contributed by atoms with van der Waals surface area (Å²) in [5, 5.41) is 0. The lowest BCUT2D eigenvalue weighted by atomic mass is 10.1. The van der Waals surface area contributed by atoms with Gasteiger partial charge in [0.2, 0.25) is 0 Å². The third-order valence-corrected chi connectivity index (χ3v) is 2.62. The van der Waals surface area contributed by atoms with E-state index < -0.39 is 0 Å². The molecule has 11 heavy (non-hydrogen) atoms. The third kappa shape index (κ3) is 1.36. The number of benzene rings is 1. The zero-order valence-electron chi connectivity index (χ0n) is 6.22. The van der Waals surface area contributed by atoms with Gasteiger partial charge in [0.05, 0.1) is 0 Å². The largest absolute Gasteiger partial charge is 0.148 e. The van der Waals surface area contributed by atoms with E-state index in [9.17, 15) is 0 Å². The Labute approximate surface area is 69.5 Å². The molecule has 0 bridgehead atoms. The highest BCUT2D eigenvalue weighted by atomic mass is 28.2. The summed E-state index contributed by atoms with van der Waals surface area (Å²) in [6.07, 6.45) is 1.19. The third-order valence-electron chi connectivity index (χ3n) is 1.82. The Hall–Kier alpha value is -1.00. The molecule has 1 aromatic rings. The van der Waals surface area contributed by atoms with E-state index in [-0.39, 0.29) is 0 Å². The van der Waals surface area contributed by atoms with Crippen LogP contribution in [0.3, 0.4) is 0 Å². The smallest absolute Gasteiger partial charge is 0.130 e. The average molecular weight is 156 g/mol. The first-order chi connectivity index (χ1) is 5.47. The fraction of sp³-hybridized carbons (Fsp3) is 0.200. The second-order valence-electron chi connectivity index (χ2n) is 2.58. The van der Waals surface area contributed by atoms with Crippen LogP contribution in [0.1, 0.15) is 11.1 Å². The van der Waals surface area contributed by atoms with Crippen molar-refractivity contribution >= 4 is 9.52 Å². The van der Waals surface area contributed by atoms with Gasteiger partial charge in [-0.15, -0.1) is 5.54 Å². The van der Waals surface area contributed by atoms with Crippen molar-refractivity contribution in [1.29, 1.82) is 0 Å². The molecule has 0 aromatic heterocycles. The maximum Gasteiger partial charge on any atom is 0.148 e. The van der Waals surface area contributed by atoms with E-state index in [2.05, 4.69) is 35.7 Å². The lowest BCUT2D eigenvalue weighted by Crippen LogP contribution is -1.88. The standard InChI is InChI=1S/C10H8Si/c1-2-4-10-6-8-11-7-5-9(10)3-1/h1-4H,5,7H2. The molecule has 2 radical (unpaired) electrons. The van der Waals surface area contributed by atoms with Crippen LogP contribution >= 0.6 is 0 Å².